The molecule has 5 nitrogen and oxygen atoms in total. The van der Waals surface area contributed by atoms with Crippen molar-refractivity contribution in [3.63, 3.8) is 0 Å². The van der Waals surface area contributed by atoms with Crippen molar-refractivity contribution in [2.75, 3.05) is 19.8 Å². The second-order valence-corrected chi connectivity index (χ2v) is 8.03. The summed E-state index contributed by atoms with van der Waals surface area (Å²) in [6.07, 6.45) is 0.824. The summed E-state index contributed by atoms with van der Waals surface area (Å²) >= 11 is 2.91. The van der Waals surface area contributed by atoms with Crippen LogP contribution in [0.4, 0.5) is 4.39 Å². The normalized spacial score (nSPS) is 18.7. The van der Waals surface area contributed by atoms with Crippen LogP contribution < -0.4 is 5.32 Å². The molecule has 1 fully saturated rings. The van der Waals surface area contributed by atoms with Gasteiger partial charge in [-0.15, -0.1) is 0 Å². The van der Waals surface area contributed by atoms with Crippen LogP contribution in [0.5, 0.6) is 0 Å². The maximum atomic E-state index is 13.8. The largest absolute Gasteiger partial charge is 0.381 e. The number of carbonyl (C=O) groups is 1. The molecule has 21 heavy (non-hydrogen) atoms. The predicted octanol–water partition coefficient (Wildman–Crippen LogP) is 2.28. The predicted molar refractivity (Wildman–Crippen MR) is 78.4 cm³/mol. The quantitative estimate of drug-likeness (QED) is 0.787. The smallest absolute Gasteiger partial charge is 0.262 e. The van der Waals surface area contributed by atoms with E-state index in [0.29, 0.717) is 19.8 Å². The van der Waals surface area contributed by atoms with Crippen LogP contribution in [0, 0.1) is 11.7 Å². The first-order chi connectivity index (χ1) is 9.79. The first-order valence-electron chi connectivity index (χ1n) is 6.08. The average Bonchev–Trinajstić information content (AvgIpc) is 2.87. The molecule has 0 radical (unpaired) electrons. The van der Waals surface area contributed by atoms with E-state index in [2.05, 4.69) is 21.2 Å². The summed E-state index contributed by atoms with van der Waals surface area (Å²) in [5, 5.41) is 2.57. The molecule has 1 aliphatic heterocycles. The lowest BCUT2D eigenvalue weighted by Gasteiger charge is -2.11. The van der Waals surface area contributed by atoms with E-state index in [1.165, 1.54) is 0 Å². The number of carbonyl (C=O) groups excluding carboxylic acids is 1. The maximum absolute atomic E-state index is 13.8. The van der Waals surface area contributed by atoms with Gasteiger partial charge in [-0.1, -0.05) is 0 Å². The summed E-state index contributed by atoms with van der Waals surface area (Å²) in [5.41, 5.74) is -0.364. The Morgan fingerprint density at radius 3 is 2.81 bits per heavy atom. The van der Waals surface area contributed by atoms with E-state index in [4.69, 9.17) is 15.4 Å². The van der Waals surface area contributed by atoms with E-state index in [1.807, 2.05) is 0 Å². The van der Waals surface area contributed by atoms with E-state index in [0.717, 1.165) is 18.6 Å². The van der Waals surface area contributed by atoms with Crippen molar-refractivity contribution in [2.45, 2.75) is 11.3 Å². The highest BCUT2D eigenvalue weighted by Crippen LogP contribution is 2.28. The highest BCUT2D eigenvalue weighted by Gasteiger charge is 2.22. The molecular formula is C12H12BrClFNO4S. The third-order valence-electron chi connectivity index (χ3n) is 3.10. The molecular weight excluding hydrogens is 389 g/mol. The van der Waals surface area contributed by atoms with E-state index < -0.39 is 20.8 Å². The minimum Gasteiger partial charge on any atom is -0.381 e. The Balaban J connectivity index is 2.20. The zero-order chi connectivity index (χ0) is 15.6. The number of hydrogen-bond donors (Lipinski definition) is 1. The van der Waals surface area contributed by atoms with Crippen molar-refractivity contribution in [1.82, 2.24) is 5.32 Å². The van der Waals surface area contributed by atoms with Gasteiger partial charge in [0.05, 0.1) is 17.1 Å². The van der Waals surface area contributed by atoms with Gasteiger partial charge in [-0.05, 0) is 34.5 Å². The minimum atomic E-state index is -4.08. The molecule has 1 unspecified atom stereocenters. The third kappa shape index (κ3) is 4.15. The number of hydrogen-bond acceptors (Lipinski definition) is 4. The van der Waals surface area contributed by atoms with Crippen molar-refractivity contribution in [1.29, 1.82) is 0 Å². The Labute approximate surface area is 134 Å². The number of ether oxygens (including phenoxy) is 1. The highest BCUT2D eigenvalue weighted by molar-refractivity contribution is 9.10. The first-order valence-corrected chi connectivity index (χ1v) is 9.19. The van der Waals surface area contributed by atoms with Gasteiger partial charge in [0, 0.05) is 34.2 Å². The number of halogens is 3. The van der Waals surface area contributed by atoms with Crippen molar-refractivity contribution in [3.05, 3.63) is 28.0 Å². The second kappa shape index (κ2) is 6.60. The molecule has 1 aromatic rings. The van der Waals surface area contributed by atoms with Gasteiger partial charge in [-0.25, -0.2) is 12.8 Å². The maximum Gasteiger partial charge on any atom is 0.262 e. The molecule has 1 amide bonds. The molecule has 0 aliphatic carbocycles. The fourth-order valence-electron chi connectivity index (χ4n) is 1.97. The van der Waals surface area contributed by atoms with E-state index in [-0.39, 0.29) is 20.8 Å². The van der Waals surface area contributed by atoms with Gasteiger partial charge in [-0.2, -0.15) is 0 Å². The third-order valence-corrected chi connectivity index (χ3v) is 5.38. The molecule has 0 aromatic heterocycles. The van der Waals surface area contributed by atoms with Crippen LogP contribution in [-0.2, 0) is 13.8 Å². The number of rotatable bonds is 4. The molecule has 1 heterocycles. The number of nitrogens with one attached hydrogen (secondary N) is 1. The van der Waals surface area contributed by atoms with Crippen molar-refractivity contribution in [2.24, 2.45) is 5.92 Å². The van der Waals surface area contributed by atoms with Crippen LogP contribution in [0.25, 0.3) is 0 Å². The molecule has 1 N–H and O–H groups in total. The first kappa shape index (κ1) is 16.7. The van der Waals surface area contributed by atoms with Crippen LogP contribution in [0.1, 0.15) is 16.8 Å². The summed E-state index contributed by atoms with van der Waals surface area (Å²) in [6, 6.07) is 1.82. The Morgan fingerprint density at radius 2 is 2.24 bits per heavy atom. The molecule has 1 aromatic carbocycles. The van der Waals surface area contributed by atoms with Crippen LogP contribution in [-0.4, -0.2) is 34.1 Å². The lowest BCUT2D eigenvalue weighted by molar-refractivity contribution is 0.0940. The van der Waals surface area contributed by atoms with E-state index >= 15 is 0 Å². The Bertz CT molecular complexity index is 661. The zero-order valence-electron chi connectivity index (χ0n) is 10.7. The molecule has 9 heteroatoms. The minimum absolute atomic E-state index is 0.0317. The SMILES string of the molecule is O=C(NCC1CCOC1)c1cc(S(=O)(=O)Cl)c(Br)cc1F. The molecule has 1 aliphatic rings. The van der Waals surface area contributed by atoms with Gasteiger partial charge >= 0.3 is 0 Å². The average molecular weight is 401 g/mol. The van der Waals surface area contributed by atoms with Gasteiger partial charge in [-0.3, -0.25) is 4.79 Å². The highest BCUT2D eigenvalue weighted by atomic mass is 79.9. The van der Waals surface area contributed by atoms with E-state index in [1.54, 1.807) is 0 Å². The lowest BCUT2D eigenvalue weighted by atomic mass is 10.1. The molecule has 2 rings (SSSR count). The molecule has 116 valence electrons. The Morgan fingerprint density at radius 1 is 1.52 bits per heavy atom. The fourth-order valence-corrected chi connectivity index (χ4v) is 4.13. The Kier molecular flexibility index (Phi) is 5.24. The van der Waals surface area contributed by atoms with Crippen molar-refractivity contribution in [3.8, 4) is 0 Å². The van der Waals surface area contributed by atoms with Crippen molar-refractivity contribution < 1.29 is 22.3 Å². The van der Waals surface area contributed by atoms with Gasteiger partial charge in [0.1, 0.15) is 5.82 Å². The topological polar surface area (TPSA) is 72.5 Å². The van der Waals surface area contributed by atoms with Gasteiger partial charge in [0.15, 0.2) is 0 Å². The molecule has 0 spiro atoms. The summed E-state index contributed by atoms with van der Waals surface area (Å²) in [5.74, 6) is -1.33. The van der Waals surface area contributed by atoms with Crippen LogP contribution in [0.15, 0.2) is 21.5 Å². The van der Waals surface area contributed by atoms with Gasteiger partial charge in [0.25, 0.3) is 15.0 Å². The lowest BCUT2D eigenvalue weighted by Crippen LogP contribution is -2.30. The van der Waals surface area contributed by atoms with Gasteiger partial charge < -0.3 is 10.1 Å². The standard InChI is InChI=1S/C12H12BrClFNO4S/c13-9-4-10(15)8(3-11(9)21(14,18)19)12(17)16-5-7-1-2-20-6-7/h3-4,7H,1-2,5-6H2,(H,16,17). The van der Waals surface area contributed by atoms with Crippen molar-refractivity contribution >= 4 is 41.6 Å². The fraction of sp³-hybridized carbons (Fsp3) is 0.417. The summed E-state index contributed by atoms with van der Waals surface area (Å²) in [6.45, 7) is 1.53. The monoisotopic (exact) mass is 399 g/mol. The summed E-state index contributed by atoms with van der Waals surface area (Å²) < 4.78 is 41.7. The summed E-state index contributed by atoms with van der Waals surface area (Å²) in [4.78, 5) is 11.6. The second-order valence-electron chi connectivity index (χ2n) is 4.64. The van der Waals surface area contributed by atoms with Crippen LogP contribution in [0.2, 0.25) is 0 Å². The number of amides is 1. The Hall–Kier alpha value is -0.700. The van der Waals surface area contributed by atoms with Gasteiger partial charge in [0.2, 0.25) is 0 Å². The molecule has 0 bridgehead atoms. The molecule has 0 saturated carbocycles. The van der Waals surface area contributed by atoms with Crippen LogP contribution in [0.3, 0.4) is 0 Å². The number of benzene rings is 1. The summed E-state index contributed by atoms with van der Waals surface area (Å²) in [7, 11) is 1.17. The molecule has 1 saturated heterocycles. The van der Waals surface area contributed by atoms with Crippen LogP contribution >= 0.6 is 26.6 Å². The van der Waals surface area contributed by atoms with E-state index in [9.17, 15) is 17.6 Å². The zero-order valence-corrected chi connectivity index (χ0v) is 13.9. The molecule has 1 atom stereocenters.